The van der Waals surface area contributed by atoms with Crippen LogP contribution in [0.3, 0.4) is 0 Å². The molecule has 0 atom stereocenters. The molecule has 0 aliphatic carbocycles. The molecule has 0 saturated heterocycles. The summed E-state index contributed by atoms with van der Waals surface area (Å²) in [6.45, 7) is 5.00. The molecule has 0 fully saturated rings. The summed E-state index contributed by atoms with van der Waals surface area (Å²) in [6.07, 6.45) is 5.92. The van der Waals surface area contributed by atoms with Gasteiger partial charge in [-0.05, 0) is 55.3 Å². The van der Waals surface area contributed by atoms with Gasteiger partial charge in [-0.2, -0.15) is 0 Å². The highest BCUT2D eigenvalue weighted by Gasteiger charge is 2.17. The lowest BCUT2D eigenvalue weighted by Crippen LogP contribution is -2.68. The van der Waals surface area contributed by atoms with Crippen molar-refractivity contribution in [3.05, 3.63) is 120 Å². The molecule has 38 heavy (non-hydrogen) atoms. The van der Waals surface area contributed by atoms with Gasteiger partial charge in [-0.1, -0.05) is 60.7 Å². The van der Waals surface area contributed by atoms with Crippen LogP contribution in [0.5, 0.6) is 11.5 Å². The van der Waals surface area contributed by atoms with Gasteiger partial charge in [0.15, 0.2) is 11.5 Å². The van der Waals surface area contributed by atoms with Crippen LogP contribution in [-0.4, -0.2) is 18.9 Å². The molecule has 4 rings (SSSR count). The second kappa shape index (κ2) is 13.6. The van der Waals surface area contributed by atoms with E-state index >= 15 is 0 Å². The monoisotopic (exact) mass is 537 g/mol. The average Bonchev–Trinajstić information content (AvgIpc) is 2.90. The molecule has 0 unspecified atom stereocenters. The fourth-order valence-electron chi connectivity index (χ4n) is 3.60. The van der Waals surface area contributed by atoms with Crippen molar-refractivity contribution in [2.24, 2.45) is 0 Å². The molecular formula is C29H28ClNO7. The molecular weight excluding hydrogens is 510 g/mol. The van der Waals surface area contributed by atoms with Gasteiger partial charge < -0.3 is 14.2 Å². The molecule has 8 nitrogen and oxygen atoms in total. The van der Waals surface area contributed by atoms with Crippen LogP contribution in [0.2, 0.25) is 0 Å². The summed E-state index contributed by atoms with van der Waals surface area (Å²) < 4.78 is 51.6. The minimum atomic E-state index is -4.94. The molecule has 0 amide bonds. The van der Waals surface area contributed by atoms with Crippen LogP contribution in [0.4, 0.5) is 0 Å². The second-order valence-corrected chi connectivity index (χ2v) is 8.61. The lowest BCUT2D eigenvalue weighted by molar-refractivity contribution is -2.00. The van der Waals surface area contributed by atoms with Crippen molar-refractivity contribution in [3.8, 4) is 11.5 Å². The highest BCUT2D eigenvalue weighted by atomic mass is 35.7. The highest BCUT2D eigenvalue weighted by molar-refractivity contribution is 6.05. The Balaban J connectivity index is 0.000000732. The predicted octanol–water partition coefficient (Wildman–Crippen LogP) is 0.315. The van der Waals surface area contributed by atoms with Gasteiger partial charge in [-0.15, -0.1) is 10.2 Å². The molecule has 9 heteroatoms. The summed E-state index contributed by atoms with van der Waals surface area (Å²) in [5, 5.41) is 6.50. The van der Waals surface area contributed by atoms with Crippen molar-refractivity contribution in [2.75, 3.05) is 13.2 Å². The Hall–Kier alpha value is -3.92. The zero-order chi connectivity index (χ0) is 27.5. The van der Waals surface area contributed by atoms with Crippen LogP contribution >= 0.6 is 0 Å². The van der Waals surface area contributed by atoms with Crippen molar-refractivity contribution in [3.63, 3.8) is 0 Å². The quantitative estimate of drug-likeness (QED) is 0.407. The molecule has 2 N–H and O–H groups in total. The molecule has 0 radical (unpaired) electrons. The van der Waals surface area contributed by atoms with E-state index in [1.807, 2.05) is 92.7 Å². The topological polar surface area (TPSA) is 146 Å². The van der Waals surface area contributed by atoms with Gasteiger partial charge >= 0.3 is 0 Å². The third kappa shape index (κ3) is 8.88. The summed E-state index contributed by atoms with van der Waals surface area (Å²) in [5.74, 6) is 2.82. The van der Waals surface area contributed by atoms with Gasteiger partial charge in [0, 0.05) is 11.1 Å². The number of ether oxygens (including phenoxy) is 3. The predicted molar refractivity (Wildman–Crippen MR) is 133 cm³/mol. The lowest BCUT2D eigenvalue weighted by atomic mass is 10.00. The molecule has 1 aliphatic rings. The lowest BCUT2D eigenvalue weighted by Gasteiger charge is -2.18. The zero-order valence-electron chi connectivity index (χ0n) is 21.0. The minimum Gasteiger partial charge on any atom is -0.490 e. The first-order chi connectivity index (χ1) is 18.2. The van der Waals surface area contributed by atoms with E-state index in [0.717, 1.165) is 28.0 Å². The molecule has 1 aliphatic heterocycles. The zero-order valence-corrected chi connectivity index (χ0v) is 21.7. The van der Waals surface area contributed by atoms with E-state index in [2.05, 4.69) is 18.2 Å². The maximum atomic E-state index is 8.49. The van der Waals surface area contributed by atoms with Crippen molar-refractivity contribution < 1.29 is 48.5 Å². The summed E-state index contributed by atoms with van der Waals surface area (Å²) in [6, 6.07) is 26.0. The van der Waals surface area contributed by atoms with Gasteiger partial charge in [0.25, 0.3) is 0 Å². The normalized spacial score (nSPS) is 13.9. The van der Waals surface area contributed by atoms with Crippen molar-refractivity contribution in [1.29, 1.82) is 0 Å². The van der Waals surface area contributed by atoms with Crippen LogP contribution in [0, 0.1) is 10.2 Å². The number of benzene rings is 3. The Morgan fingerprint density at radius 1 is 0.789 bits per heavy atom. The van der Waals surface area contributed by atoms with E-state index in [-0.39, 0.29) is 0 Å². The second-order valence-electron chi connectivity index (χ2n) is 7.85. The van der Waals surface area contributed by atoms with Gasteiger partial charge in [0.2, 0.25) is 5.71 Å². The number of halogens is 1. The third-order valence-corrected chi connectivity index (χ3v) is 5.15. The number of rotatable bonds is 8. The van der Waals surface area contributed by atoms with Gasteiger partial charge in [0.05, 0.1) is 19.3 Å². The molecule has 3 aromatic carbocycles. The van der Waals surface area contributed by atoms with Crippen molar-refractivity contribution >= 4 is 17.0 Å². The van der Waals surface area contributed by atoms with E-state index in [1.165, 1.54) is 0 Å². The van der Waals surface area contributed by atoms with Gasteiger partial charge in [-0.3, -0.25) is 5.41 Å². The summed E-state index contributed by atoms with van der Waals surface area (Å²) >= 11 is 0. The fourth-order valence-corrected chi connectivity index (χ4v) is 3.60. The maximum absolute atomic E-state index is 8.49. The molecule has 0 spiro atoms. The van der Waals surface area contributed by atoms with E-state index in [9.17, 15) is 0 Å². The number of nitrogens with two attached hydrogens (primary N) is 1. The molecule has 0 bridgehead atoms. The first-order valence-electron chi connectivity index (χ1n) is 11.8. The number of hydrogen-bond acceptors (Lipinski definition) is 7. The van der Waals surface area contributed by atoms with E-state index in [1.54, 1.807) is 0 Å². The number of allylic oxidation sites excluding steroid dienone is 4. The SMILES string of the molecule is CCOc1ccc(C(=[NH2+])/C=C2/C=C(c3ccccc3)C=C(c3ccccc3)O2)cc1OCC.[O-][Cl+3]([O-])([O-])[O-]. The Morgan fingerprint density at radius 3 is 1.92 bits per heavy atom. The molecule has 198 valence electrons. The van der Waals surface area contributed by atoms with Crippen LogP contribution in [0.1, 0.15) is 30.5 Å². The molecule has 0 saturated carbocycles. The van der Waals surface area contributed by atoms with Crippen LogP contribution in [0.15, 0.2) is 103 Å². The molecule has 0 aromatic heterocycles. The first kappa shape index (κ1) is 28.6. The Morgan fingerprint density at radius 2 is 1.34 bits per heavy atom. The largest absolute Gasteiger partial charge is 0.490 e. The first-order valence-corrected chi connectivity index (χ1v) is 13.0. The van der Waals surface area contributed by atoms with Crippen molar-refractivity contribution in [2.45, 2.75) is 13.8 Å². The van der Waals surface area contributed by atoms with Crippen molar-refractivity contribution in [1.82, 2.24) is 0 Å². The van der Waals surface area contributed by atoms with E-state index < -0.39 is 10.2 Å². The summed E-state index contributed by atoms with van der Waals surface area (Å²) in [7, 11) is -4.94. The average molecular weight is 538 g/mol. The summed E-state index contributed by atoms with van der Waals surface area (Å²) in [4.78, 5) is 0. The summed E-state index contributed by atoms with van der Waals surface area (Å²) in [5.41, 5.74) is 4.58. The number of hydrogen-bond donors (Lipinski definition) is 1. The van der Waals surface area contributed by atoms with Crippen LogP contribution < -0.4 is 33.5 Å². The third-order valence-electron chi connectivity index (χ3n) is 5.15. The van der Waals surface area contributed by atoms with Crippen LogP contribution in [-0.2, 0) is 4.74 Å². The molecule has 3 aromatic rings. The Kier molecular flexibility index (Phi) is 10.2. The minimum absolute atomic E-state index is 0.544. The highest BCUT2D eigenvalue weighted by Crippen LogP contribution is 2.32. The van der Waals surface area contributed by atoms with E-state index in [4.69, 9.17) is 38.3 Å². The fraction of sp³-hybridized carbons (Fsp3) is 0.138. The van der Waals surface area contributed by atoms with Gasteiger partial charge in [-0.25, -0.2) is 18.6 Å². The van der Waals surface area contributed by atoms with Crippen LogP contribution in [0.25, 0.3) is 11.3 Å². The van der Waals surface area contributed by atoms with Gasteiger partial charge in [0.1, 0.15) is 11.5 Å². The molecule has 1 heterocycles. The maximum Gasteiger partial charge on any atom is 0.207 e. The van der Waals surface area contributed by atoms with E-state index in [0.29, 0.717) is 36.2 Å². The Bertz CT molecular complexity index is 1310. The Labute approximate surface area is 223 Å². The smallest absolute Gasteiger partial charge is 0.207 e. The standard InChI is InChI=1S/C29H27NO3.ClHO4/c1-3-31-27-16-15-23(18-29(27)32-4-2)26(30)20-25-17-24(21-11-7-5-8-12-21)19-28(33-25)22-13-9-6-10-14-22;2-1(3,4)5/h5-20,30H,3-4H2,1-2H3;(H,2,3,4,5)/b25-20-,30-26?;.